The van der Waals surface area contributed by atoms with Crippen molar-refractivity contribution in [3.8, 4) is 0 Å². The van der Waals surface area contributed by atoms with Gasteiger partial charge in [0.25, 0.3) is 0 Å². The summed E-state index contributed by atoms with van der Waals surface area (Å²) in [6, 6.07) is 3.52. The highest BCUT2D eigenvalue weighted by atomic mass is 32.1. The molecule has 0 aliphatic heterocycles. The summed E-state index contributed by atoms with van der Waals surface area (Å²) in [6.45, 7) is 1.86. The molecule has 21 heavy (non-hydrogen) atoms. The molecular formula is C11H9F3N2O4S. The second-order valence-electron chi connectivity index (χ2n) is 3.75. The summed E-state index contributed by atoms with van der Waals surface area (Å²) in [4.78, 5) is 24.7. The fourth-order valence-electron chi connectivity index (χ4n) is 1.31. The van der Waals surface area contributed by atoms with Crippen LogP contribution in [0.15, 0.2) is 12.1 Å². The van der Waals surface area contributed by atoms with Gasteiger partial charge in [0, 0.05) is 11.1 Å². The molecule has 4 N–H and O–H groups in total. The quantitative estimate of drug-likeness (QED) is 0.743. The lowest BCUT2D eigenvalue weighted by atomic mass is 10.2. The summed E-state index contributed by atoms with van der Waals surface area (Å²) >= 11 is 1.21. The van der Waals surface area contributed by atoms with Gasteiger partial charge in [0.05, 0.1) is 0 Å². The molecule has 2 aromatic heterocycles. The van der Waals surface area contributed by atoms with Crippen LogP contribution in [0.3, 0.4) is 0 Å². The third-order valence-corrected chi connectivity index (χ3v) is 3.11. The molecule has 0 saturated carbocycles. The predicted octanol–water partition coefficient (Wildman–Crippen LogP) is 2.52. The Morgan fingerprint density at radius 1 is 1.29 bits per heavy atom. The van der Waals surface area contributed by atoms with Crippen molar-refractivity contribution < 1.29 is 33.0 Å². The molecule has 2 aromatic rings. The molecule has 0 aromatic carbocycles. The summed E-state index contributed by atoms with van der Waals surface area (Å²) in [5.74, 6) is -3.76. The standard InChI is InChI=1S/C9H8N2O2S.C2HF3O2/c1-4-2-3-5-6(9(12)13)7(10)14-8(5)11-4;3-2(4,5)1(6)7/h2-3H,10H2,1H3,(H,12,13);(H,6,7). The number of fused-ring (bicyclic) bond motifs is 1. The number of nitrogen functional groups attached to an aromatic ring is 1. The Balaban J connectivity index is 0.000000270. The molecule has 10 heteroatoms. The number of aliphatic carboxylic acids is 1. The lowest BCUT2D eigenvalue weighted by Crippen LogP contribution is -2.21. The number of pyridine rings is 1. The maximum Gasteiger partial charge on any atom is 0.490 e. The normalized spacial score (nSPS) is 10.9. The Morgan fingerprint density at radius 3 is 2.24 bits per heavy atom. The molecule has 0 aliphatic carbocycles. The summed E-state index contributed by atoms with van der Waals surface area (Å²) in [5, 5.41) is 17.0. The van der Waals surface area contributed by atoms with Gasteiger partial charge in [-0.2, -0.15) is 13.2 Å². The van der Waals surface area contributed by atoms with Gasteiger partial charge in [-0.3, -0.25) is 0 Å². The molecule has 0 amide bonds. The van der Waals surface area contributed by atoms with Crippen LogP contribution in [0, 0.1) is 6.92 Å². The number of anilines is 1. The van der Waals surface area contributed by atoms with Crippen LogP contribution >= 0.6 is 11.3 Å². The van der Waals surface area contributed by atoms with Crippen LogP contribution in [0.4, 0.5) is 18.2 Å². The van der Waals surface area contributed by atoms with Gasteiger partial charge in [0.15, 0.2) is 0 Å². The predicted molar refractivity (Wildman–Crippen MR) is 69.4 cm³/mol. The highest BCUT2D eigenvalue weighted by Gasteiger charge is 2.38. The summed E-state index contributed by atoms with van der Waals surface area (Å²) in [7, 11) is 0. The van der Waals surface area contributed by atoms with Crippen LogP contribution in [0.25, 0.3) is 10.2 Å². The number of rotatable bonds is 1. The molecule has 0 spiro atoms. The van der Waals surface area contributed by atoms with Crippen LogP contribution in [0.2, 0.25) is 0 Å². The first-order valence-electron chi connectivity index (χ1n) is 5.23. The number of carbonyl (C=O) groups is 2. The number of aromatic nitrogens is 1. The van der Waals surface area contributed by atoms with E-state index in [-0.39, 0.29) is 5.56 Å². The van der Waals surface area contributed by atoms with Gasteiger partial charge in [-0.05, 0) is 19.1 Å². The zero-order chi connectivity index (χ0) is 16.4. The number of hydrogen-bond donors (Lipinski definition) is 3. The maximum atomic E-state index is 10.9. The average Bonchev–Trinajstić information content (AvgIpc) is 2.63. The first-order valence-corrected chi connectivity index (χ1v) is 6.04. The number of nitrogens with zero attached hydrogens (tertiary/aromatic N) is 1. The fourth-order valence-corrected chi connectivity index (χ4v) is 2.29. The number of thiophene rings is 1. The van der Waals surface area contributed by atoms with E-state index < -0.39 is 18.1 Å². The van der Waals surface area contributed by atoms with Gasteiger partial charge in [-0.15, -0.1) is 0 Å². The second-order valence-corrected chi connectivity index (χ2v) is 4.79. The lowest BCUT2D eigenvalue weighted by Gasteiger charge is -1.93. The fraction of sp³-hybridized carbons (Fsp3) is 0.182. The van der Waals surface area contributed by atoms with E-state index in [1.54, 1.807) is 12.1 Å². The van der Waals surface area contributed by atoms with Gasteiger partial charge in [0.2, 0.25) is 0 Å². The minimum absolute atomic E-state index is 0.164. The molecule has 0 saturated heterocycles. The van der Waals surface area contributed by atoms with E-state index in [4.69, 9.17) is 20.7 Å². The number of hydrogen-bond acceptors (Lipinski definition) is 5. The molecule has 114 valence electrons. The number of alkyl halides is 3. The third kappa shape index (κ3) is 4.05. The Bertz CT molecular complexity index is 697. The Hall–Kier alpha value is -2.36. The first-order chi connectivity index (χ1) is 9.54. The van der Waals surface area contributed by atoms with Crippen LogP contribution in [0.1, 0.15) is 16.1 Å². The molecule has 2 rings (SSSR count). The smallest absolute Gasteiger partial charge is 0.478 e. The third-order valence-electron chi connectivity index (χ3n) is 2.18. The Labute approximate surface area is 119 Å². The van der Waals surface area contributed by atoms with E-state index in [1.807, 2.05) is 6.92 Å². The van der Waals surface area contributed by atoms with Crippen molar-refractivity contribution in [2.45, 2.75) is 13.1 Å². The number of aromatic carboxylic acids is 1. The van der Waals surface area contributed by atoms with Crippen LogP contribution < -0.4 is 5.73 Å². The topological polar surface area (TPSA) is 114 Å². The molecule has 0 radical (unpaired) electrons. The molecule has 0 bridgehead atoms. The maximum absolute atomic E-state index is 10.9. The van der Waals surface area contributed by atoms with Crippen LogP contribution in [0.5, 0.6) is 0 Å². The molecule has 0 fully saturated rings. The number of halogens is 3. The summed E-state index contributed by atoms with van der Waals surface area (Å²) in [5.41, 5.74) is 6.62. The zero-order valence-electron chi connectivity index (χ0n) is 10.4. The molecule has 0 atom stereocenters. The second kappa shape index (κ2) is 5.95. The van der Waals surface area contributed by atoms with Gasteiger partial charge in [0.1, 0.15) is 15.4 Å². The average molecular weight is 322 g/mol. The Morgan fingerprint density at radius 2 is 1.81 bits per heavy atom. The van der Waals surface area contributed by atoms with Crippen molar-refractivity contribution in [2.24, 2.45) is 0 Å². The highest BCUT2D eigenvalue weighted by Crippen LogP contribution is 2.32. The van der Waals surface area contributed by atoms with Crippen molar-refractivity contribution in [3.63, 3.8) is 0 Å². The molecular weight excluding hydrogens is 313 g/mol. The molecule has 2 heterocycles. The van der Waals surface area contributed by atoms with Gasteiger partial charge in [-0.25, -0.2) is 14.6 Å². The van der Waals surface area contributed by atoms with Crippen molar-refractivity contribution in [2.75, 3.05) is 5.73 Å². The monoisotopic (exact) mass is 322 g/mol. The van der Waals surface area contributed by atoms with E-state index in [0.29, 0.717) is 15.2 Å². The van der Waals surface area contributed by atoms with E-state index in [1.165, 1.54) is 11.3 Å². The van der Waals surface area contributed by atoms with Crippen LogP contribution in [-0.4, -0.2) is 33.3 Å². The zero-order valence-corrected chi connectivity index (χ0v) is 11.2. The van der Waals surface area contributed by atoms with Gasteiger partial charge < -0.3 is 15.9 Å². The number of nitrogens with two attached hydrogens (primary N) is 1. The van der Waals surface area contributed by atoms with Crippen molar-refractivity contribution in [3.05, 3.63) is 23.4 Å². The summed E-state index contributed by atoms with van der Waals surface area (Å²) < 4.78 is 31.7. The van der Waals surface area contributed by atoms with Crippen molar-refractivity contribution in [1.82, 2.24) is 4.98 Å². The number of carboxylic acid groups (broad SMARTS) is 2. The number of aryl methyl sites for hydroxylation is 1. The minimum Gasteiger partial charge on any atom is -0.478 e. The SMILES string of the molecule is Cc1ccc2c(C(=O)O)c(N)sc2n1.O=C(O)C(F)(F)F. The van der Waals surface area contributed by atoms with E-state index in [0.717, 1.165) is 5.69 Å². The number of carboxylic acids is 2. The molecule has 0 unspecified atom stereocenters. The minimum atomic E-state index is -5.08. The van der Waals surface area contributed by atoms with Crippen molar-refractivity contribution >= 4 is 38.5 Å². The molecule has 6 nitrogen and oxygen atoms in total. The molecule has 0 aliphatic rings. The van der Waals surface area contributed by atoms with Crippen molar-refractivity contribution in [1.29, 1.82) is 0 Å². The van der Waals surface area contributed by atoms with E-state index in [2.05, 4.69) is 4.98 Å². The van der Waals surface area contributed by atoms with Crippen LogP contribution in [-0.2, 0) is 4.79 Å². The first kappa shape index (κ1) is 16.7. The highest BCUT2D eigenvalue weighted by molar-refractivity contribution is 7.22. The Kier molecular flexibility index (Phi) is 4.73. The van der Waals surface area contributed by atoms with Gasteiger partial charge in [-0.1, -0.05) is 11.3 Å². The largest absolute Gasteiger partial charge is 0.490 e. The van der Waals surface area contributed by atoms with E-state index in [9.17, 15) is 18.0 Å². The lowest BCUT2D eigenvalue weighted by molar-refractivity contribution is -0.192. The summed E-state index contributed by atoms with van der Waals surface area (Å²) in [6.07, 6.45) is -5.08. The van der Waals surface area contributed by atoms with E-state index >= 15 is 0 Å². The van der Waals surface area contributed by atoms with Gasteiger partial charge >= 0.3 is 18.1 Å².